The maximum atomic E-state index is 13.5. The number of benzene rings is 1. The highest BCUT2D eigenvalue weighted by atomic mass is 19.1. The third kappa shape index (κ3) is 3.73. The van der Waals surface area contributed by atoms with Gasteiger partial charge in [0.1, 0.15) is 5.82 Å². The number of hydrogen-bond donors (Lipinski definition) is 2. The van der Waals surface area contributed by atoms with E-state index in [1.165, 1.54) is 18.9 Å². The van der Waals surface area contributed by atoms with Gasteiger partial charge in [-0.05, 0) is 43.0 Å². The van der Waals surface area contributed by atoms with E-state index in [1.54, 1.807) is 13.0 Å². The van der Waals surface area contributed by atoms with Crippen molar-refractivity contribution in [2.24, 2.45) is 0 Å². The molecule has 1 atom stereocenters. The van der Waals surface area contributed by atoms with Gasteiger partial charge in [0, 0.05) is 44.3 Å². The quantitative estimate of drug-likeness (QED) is 0.869. The minimum Gasteiger partial charge on any atom is -0.369 e. The summed E-state index contributed by atoms with van der Waals surface area (Å²) in [6.45, 7) is 3.94. The van der Waals surface area contributed by atoms with Crippen molar-refractivity contribution in [2.45, 2.75) is 44.8 Å². The lowest BCUT2D eigenvalue weighted by Crippen LogP contribution is -2.35. The Labute approximate surface area is 124 Å². The minimum absolute atomic E-state index is 0.0107. The Balaban J connectivity index is 1.70. The molecule has 3 rings (SSSR count). The molecule has 1 aliphatic heterocycles. The smallest absolute Gasteiger partial charge is 0.217 e. The number of amides is 1. The fourth-order valence-corrected chi connectivity index (χ4v) is 2.93. The van der Waals surface area contributed by atoms with Crippen molar-refractivity contribution >= 4 is 11.6 Å². The molecule has 1 saturated heterocycles. The third-order valence-electron chi connectivity index (χ3n) is 4.14. The van der Waals surface area contributed by atoms with Gasteiger partial charge in [-0.1, -0.05) is 0 Å². The molecule has 114 valence electrons. The van der Waals surface area contributed by atoms with Crippen molar-refractivity contribution in [3.05, 3.63) is 29.6 Å². The van der Waals surface area contributed by atoms with E-state index in [-0.39, 0.29) is 17.8 Å². The lowest BCUT2D eigenvalue weighted by atomic mass is 10.1. The maximum absolute atomic E-state index is 13.5. The molecule has 1 heterocycles. The standard InChI is InChI=1S/C16H22FN3O/c1-11(21)19-15-6-7-20(10-15)16-5-2-13(17)8-12(16)9-18-14-3-4-14/h2,5,8,14-15,18H,3-4,6-7,9-10H2,1H3,(H,19,21). The van der Waals surface area contributed by atoms with Crippen molar-refractivity contribution in [2.75, 3.05) is 18.0 Å². The second-order valence-electron chi connectivity index (χ2n) is 6.06. The summed E-state index contributed by atoms with van der Waals surface area (Å²) < 4.78 is 13.5. The number of rotatable bonds is 5. The third-order valence-corrected chi connectivity index (χ3v) is 4.14. The molecule has 0 radical (unpaired) electrons. The van der Waals surface area contributed by atoms with Crippen LogP contribution < -0.4 is 15.5 Å². The average molecular weight is 291 g/mol. The molecule has 2 N–H and O–H groups in total. The monoisotopic (exact) mass is 291 g/mol. The van der Waals surface area contributed by atoms with Crippen molar-refractivity contribution in [1.82, 2.24) is 10.6 Å². The van der Waals surface area contributed by atoms with Crippen LogP contribution in [0.25, 0.3) is 0 Å². The van der Waals surface area contributed by atoms with Crippen LogP contribution >= 0.6 is 0 Å². The van der Waals surface area contributed by atoms with Gasteiger partial charge >= 0.3 is 0 Å². The van der Waals surface area contributed by atoms with Gasteiger partial charge in [0.05, 0.1) is 0 Å². The molecule has 1 aliphatic carbocycles. The average Bonchev–Trinajstić information content (AvgIpc) is 3.15. The molecule has 2 aliphatic rings. The van der Waals surface area contributed by atoms with Gasteiger partial charge in [-0.2, -0.15) is 0 Å². The van der Waals surface area contributed by atoms with Gasteiger partial charge in [-0.15, -0.1) is 0 Å². The minimum atomic E-state index is -0.191. The van der Waals surface area contributed by atoms with Gasteiger partial charge in [0.25, 0.3) is 0 Å². The highest BCUT2D eigenvalue weighted by Crippen LogP contribution is 2.27. The number of hydrogen-bond acceptors (Lipinski definition) is 3. The molecule has 1 aromatic carbocycles. The van der Waals surface area contributed by atoms with E-state index < -0.39 is 0 Å². The summed E-state index contributed by atoms with van der Waals surface area (Å²) in [5.74, 6) is -0.180. The number of carbonyl (C=O) groups excluding carboxylic acids is 1. The number of halogens is 1. The van der Waals surface area contributed by atoms with Crippen molar-refractivity contribution in [3.8, 4) is 0 Å². The Kier molecular flexibility index (Phi) is 4.10. The fourth-order valence-electron chi connectivity index (χ4n) is 2.93. The normalized spacial score (nSPS) is 21.6. The first-order chi connectivity index (χ1) is 10.1. The first-order valence-electron chi connectivity index (χ1n) is 7.65. The molecule has 5 heteroatoms. The molecule has 1 amide bonds. The Hall–Kier alpha value is -1.62. The lowest BCUT2D eigenvalue weighted by molar-refractivity contribution is -0.119. The zero-order chi connectivity index (χ0) is 14.8. The van der Waals surface area contributed by atoms with Gasteiger partial charge in [0.15, 0.2) is 0 Å². The topological polar surface area (TPSA) is 44.4 Å². The summed E-state index contributed by atoms with van der Waals surface area (Å²) in [5, 5.41) is 6.41. The second-order valence-corrected chi connectivity index (χ2v) is 6.06. The summed E-state index contributed by atoms with van der Waals surface area (Å²) in [6, 6.07) is 5.79. The molecule has 1 saturated carbocycles. The van der Waals surface area contributed by atoms with Crippen LogP contribution in [0.2, 0.25) is 0 Å². The number of nitrogens with one attached hydrogen (secondary N) is 2. The lowest BCUT2D eigenvalue weighted by Gasteiger charge is -2.22. The molecule has 4 nitrogen and oxygen atoms in total. The number of carbonyl (C=O) groups is 1. The van der Waals surface area contributed by atoms with Crippen molar-refractivity contribution < 1.29 is 9.18 Å². The van der Waals surface area contributed by atoms with Gasteiger partial charge in [-0.25, -0.2) is 4.39 Å². The van der Waals surface area contributed by atoms with Crippen LogP contribution in [0.1, 0.15) is 31.7 Å². The van der Waals surface area contributed by atoms with Gasteiger partial charge in [-0.3, -0.25) is 4.79 Å². The largest absolute Gasteiger partial charge is 0.369 e. The van der Waals surface area contributed by atoms with E-state index in [1.807, 2.05) is 6.07 Å². The fraction of sp³-hybridized carbons (Fsp3) is 0.562. The number of nitrogens with zero attached hydrogens (tertiary/aromatic N) is 1. The Morgan fingerprint density at radius 2 is 2.14 bits per heavy atom. The predicted octanol–water partition coefficient (Wildman–Crippen LogP) is 1.79. The van der Waals surface area contributed by atoms with E-state index in [2.05, 4.69) is 15.5 Å². The summed E-state index contributed by atoms with van der Waals surface area (Å²) in [7, 11) is 0. The molecule has 2 fully saturated rings. The summed E-state index contributed by atoms with van der Waals surface area (Å²) >= 11 is 0. The zero-order valence-electron chi connectivity index (χ0n) is 12.4. The highest BCUT2D eigenvalue weighted by Gasteiger charge is 2.26. The van der Waals surface area contributed by atoms with Crippen LogP contribution in [0.4, 0.5) is 10.1 Å². The molecular weight excluding hydrogens is 269 g/mol. The van der Waals surface area contributed by atoms with Crippen molar-refractivity contribution in [1.29, 1.82) is 0 Å². The molecule has 1 aromatic rings. The van der Waals surface area contributed by atoms with Crippen molar-refractivity contribution in [3.63, 3.8) is 0 Å². The Morgan fingerprint density at radius 3 is 2.86 bits per heavy atom. The maximum Gasteiger partial charge on any atom is 0.217 e. The molecule has 0 aromatic heterocycles. The Morgan fingerprint density at radius 1 is 1.33 bits per heavy atom. The first kappa shape index (κ1) is 14.3. The zero-order valence-corrected chi connectivity index (χ0v) is 12.4. The van der Waals surface area contributed by atoms with Crippen LogP contribution in [0.3, 0.4) is 0 Å². The molecule has 0 bridgehead atoms. The van der Waals surface area contributed by atoms with E-state index >= 15 is 0 Å². The van der Waals surface area contributed by atoms with Gasteiger partial charge in [0.2, 0.25) is 5.91 Å². The predicted molar refractivity (Wildman–Crippen MR) is 80.7 cm³/mol. The molecule has 21 heavy (non-hydrogen) atoms. The van der Waals surface area contributed by atoms with Crippen LogP contribution in [0.15, 0.2) is 18.2 Å². The van der Waals surface area contributed by atoms with Crippen LogP contribution in [0, 0.1) is 5.82 Å². The van der Waals surface area contributed by atoms with E-state index in [4.69, 9.17) is 0 Å². The summed E-state index contributed by atoms with van der Waals surface area (Å²) in [4.78, 5) is 13.4. The second kappa shape index (κ2) is 6.02. The molecule has 1 unspecified atom stereocenters. The summed E-state index contributed by atoms with van der Waals surface area (Å²) in [5.41, 5.74) is 2.09. The Bertz CT molecular complexity index is 530. The van der Waals surface area contributed by atoms with E-state index in [0.717, 1.165) is 30.8 Å². The van der Waals surface area contributed by atoms with Crippen LogP contribution in [-0.4, -0.2) is 31.1 Å². The van der Waals surface area contributed by atoms with E-state index in [0.29, 0.717) is 12.6 Å². The first-order valence-corrected chi connectivity index (χ1v) is 7.65. The highest BCUT2D eigenvalue weighted by molar-refractivity contribution is 5.73. The van der Waals surface area contributed by atoms with Gasteiger partial charge < -0.3 is 15.5 Å². The summed E-state index contributed by atoms with van der Waals surface area (Å²) in [6.07, 6.45) is 3.38. The van der Waals surface area contributed by atoms with Crippen LogP contribution in [-0.2, 0) is 11.3 Å². The SMILES string of the molecule is CC(=O)NC1CCN(c2ccc(F)cc2CNC2CC2)C1. The molecular formula is C16H22FN3O. The van der Waals surface area contributed by atoms with E-state index in [9.17, 15) is 9.18 Å². The molecule has 0 spiro atoms. The van der Waals surface area contributed by atoms with Crippen LogP contribution in [0.5, 0.6) is 0 Å². The number of anilines is 1.